The highest BCUT2D eigenvalue weighted by Crippen LogP contribution is 2.18. The third kappa shape index (κ3) is 3.31. The first kappa shape index (κ1) is 13.2. The normalized spacial score (nSPS) is 10.8. The van der Waals surface area contributed by atoms with Crippen molar-refractivity contribution in [3.8, 4) is 0 Å². The van der Waals surface area contributed by atoms with E-state index in [2.05, 4.69) is 25.8 Å². The molecule has 1 aromatic heterocycles. The lowest BCUT2D eigenvalue weighted by Gasteiger charge is -2.12. The van der Waals surface area contributed by atoms with Gasteiger partial charge in [-0.25, -0.2) is 0 Å². The molecule has 0 amide bonds. The Labute approximate surface area is 99.3 Å². The Hall–Kier alpha value is -0.890. The number of hydrogen-bond acceptors (Lipinski definition) is 2. The van der Waals surface area contributed by atoms with Crippen molar-refractivity contribution in [1.29, 1.82) is 0 Å². The number of rotatable bonds is 6. The van der Waals surface area contributed by atoms with E-state index in [0.29, 0.717) is 6.54 Å². The third-order valence-electron chi connectivity index (χ3n) is 3.29. The number of pyridine rings is 1. The molecular weight excluding hydrogens is 196 g/mol. The molecule has 0 aliphatic carbocycles. The van der Waals surface area contributed by atoms with Crippen LogP contribution in [0.3, 0.4) is 0 Å². The van der Waals surface area contributed by atoms with Gasteiger partial charge in [0.15, 0.2) is 0 Å². The zero-order valence-electron chi connectivity index (χ0n) is 10.8. The molecule has 1 aromatic rings. The Morgan fingerprint density at radius 2 is 1.94 bits per heavy atom. The first-order valence-corrected chi connectivity index (χ1v) is 6.34. The second-order valence-electron chi connectivity index (χ2n) is 4.49. The number of hydrogen-bond donors (Lipinski definition) is 1. The summed E-state index contributed by atoms with van der Waals surface area (Å²) in [6, 6.07) is 0. The van der Waals surface area contributed by atoms with Crippen LogP contribution >= 0.6 is 0 Å². The van der Waals surface area contributed by atoms with Gasteiger partial charge in [0.2, 0.25) is 0 Å². The molecule has 0 saturated heterocycles. The number of nitrogens with zero attached hydrogens (tertiary/aromatic N) is 1. The van der Waals surface area contributed by atoms with E-state index < -0.39 is 0 Å². The van der Waals surface area contributed by atoms with Gasteiger partial charge in [-0.05, 0) is 43.4 Å². The third-order valence-corrected chi connectivity index (χ3v) is 3.29. The van der Waals surface area contributed by atoms with Crippen molar-refractivity contribution in [2.45, 2.75) is 59.4 Å². The van der Waals surface area contributed by atoms with Crippen molar-refractivity contribution in [2.75, 3.05) is 0 Å². The van der Waals surface area contributed by atoms with Gasteiger partial charge in [0.1, 0.15) is 0 Å². The van der Waals surface area contributed by atoms with Crippen LogP contribution in [0.15, 0.2) is 6.20 Å². The Kier molecular flexibility index (Phi) is 5.47. The molecule has 1 rings (SSSR count). The van der Waals surface area contributed by atoms with Crippen molar-refractivity contribution in [1.82, 2.24) is 4.98 Å². The topological polar surface area (TPSA) is 38.9 Å². The molecule has 1 heterocycles. The SMILES string of the molecule is CCCCCCc1c(C)ncc(CN)c1C. The summed E-state index contributed by atoms with van der Waals surface area (Å²) in [5.74, 6) is 0. The number of nitrogens with two attached hydrogens (primary N) is 1. The number of unbranched alkanes of at least 4 members (excludes halogenated alkanes) is 3. The molecule has 90 valence electrons. The van der Waals surface area contributed by atoms with E-state index in [4.69, 9.17) is 5.73 Å². The molecule has 2 heteroatoms. The van der Waals surface area contributed by atoms with Crippen LogP contribution < -0.4 is 5.73 Å². The van der Waals surface area contributed by atoms with E-state index in [1.807, 2.05) is 6.20 Å². The molecule has 0 spiro atoms. The van der Waals surface area contributed by atoms with Crippen LogP contribution in [-0.4, -0.2) is 4.98 Å². The first-order chi connectivity index (χ1) is 7.70. The molecule has 0 atom stereocenters. The van der Waals surface area contributed by atoms with E-state index in [-0.39, 0.29) is 0 Å². The van der Waals surface area contributed by atoms with E-state index in [0.717, 1.165) is 6.42 Å². The fraction of sp³-hybridized carbons (Fsp3) is 0.643. The van der Waals surface area contributed by atoms with Crippen LogP contribution in [0.5, 0.6) is 0 Å². The highest BCUT2D eigenvalue weighted by molar-refractivity contribution is 5.35. The minimum atomic E-state index is 0.598. The molecule has 2 N–H and O–H groups in total. The average Bonchev–Trinajstić information content (AvgIpc) is 2.28. The lowest BCUT2D eigenvalue weighted by Crippen LogP contribution is -2.05. The molecule has 0 aromatic carbocycles. The van der Waals surface area contributed by atoms with Gasteiger partial charge in [0.25, 0.3) is 0 Å². The molecular formula is C14H24N2. The van der Waals surface area contributed by atoms with Crippen molar-refractivity contribution < 1.29 is 0 Å². The summed E-state index contributed by atoms with van der Waals surface area (Å²) in [5, 5.41) is 0. The van der Waals surface area contributed by atoms with Crippen molar-refractivity contribution in [2.24, 2.45) is 5.73 Å². The molecule has 0 bridgehead atoms. The molecule has 0 fully saturated rings. The molecule has 2 nitrogen and oxygen atoms in total. The van der Waals surface area contributed by atoms with Gasteiger partial charge in [-0.3, -0.25) is 4.98 Å². The van der Waals surface area contributed by atoms with Gasteiger partial charge in [-0.15, -0.1) is 0 Å². The quantitative estimate of drug-likeness (QED) is 0.747. The predicted octanol–water partition coefficient (Wildman–Crippen LogP) is 3.28. The Balaban J connectivity index is 2.70. The zero-order valence-corrected chi connectivity index (χ0v) is 10.8. The van der Waals surface area contributed by atoms with Gasteiger partial charge in [-0.1, -0.05) is 26.2 Å². The van der Waals surface area contributed by atoms with Crippen LogP contribution in [0.1, 0.15) is 55.0 Å². The predicted molar refractivity (Wildman–Crippen MR) is 69.4 cm³/mol. The van der Waals surface area contributed by atoms with Gasteiger partial charge < -0.3 is 5.73 Å². The second kappa shape index (κ2) is 6.64. The lowest BCUT2D eigenvalue weighted by molar-refractivity contribution is 0.662. The first-order valence-electron chi connectivity index (χ1n) is 6.34. The highest BCUT2D eigenvalue weighted by Gasteiger charge is 2.07. The van der Waals surface area contributed by atoms with Crippen molar-refractivity contribution in [3.05, 3.63) is 28.6 Å². The maximum Gasteiger partial charge on any atom is 0.0407 e. The van der Waals surface area contributed by atoms with Crippen LogP contribution in [-0.2, 0) is 13.0 Å². The van der Waals surface area contributed by atoms with Crippen LogP contribution in [0, 0.1) is 13.8 Å². The molecule has 0 aliphatic heterocycles. The largest absolute Gasteiger partial charge is 0.326 e. The van der Waals surface area contributed by atoms with Crippen molar-refractivity contribution >= 4 is 0 Å². The molecule has 0 unspecified atom stereocenters. The smallest absolute Gasteiger partial charge is 0.0407 e. The fourth-order valence-electron chi connectivity index (χ4n) is 2.12. The molecule has 0 radical (unpaired) electrons. The average molecular weight is 220 g/mol. The summed E-state index contributed by atoms with van der Waals surface area (Å²) in [6.07, 6.45) is 8.29. The maximum atomic E-state index is 5.71. The van der Waals surface area contributed by atoms with E-state index in [9.17, 15) is 0 Å². The fourth-order valence-corrected chi connectivity index (χ4v) is 2.12. The minimum Gasteiger partial charge on any atom is -0.326 e. The van der Waals surface area contributed by atoms with Crippen LogP contribution in [0.4, 0.5) is 0 Å². The monoisotopic (exact) mass is 220 g/mol. The van der Waals surface area contributed by atoms with Gasteiger partial charge in [-0.2, -0.15) is 0 Å². The summed E-state index contributed by atoms with van der Waals surface area (Å²) >= 11 is 0. The van der Waals surface area contributed by atoms with E-state index >= 15 is 0 Å². The summed E-state index contributed by atoms with van der Waals surface area (Å²) in [6.45, 7) is 7.11. The molecule has 0 aliphatic rings. The molecule has 16 heavy (non-hydrogen) atoms. The second-order valence-corrected chi connectivity index (χ2v) is 4.49. The van der Waals surface area contributed by atoms with Crippen LogP contribution in [0.25, 0.3) is 0 Å². The summed E-state index contributed by atoms with van der Waals surface area (Å²) < 4.78 is 0. The van der Waals surface area contributed by atoms with Crippen LogP contribution in [0.2, 0.25) is 0 Å². The number of aryl methyl sites for hydroxylation is 1. The minimum absolute atomic E-state index is 0.598. The number of aromatic nitrogens is 1. The maximum absolute atomic E-state index is 5.71. The Bertz CT molecular complexity index is 332. The Morgan fingerprint density at radius 3 is 2.56 bits per heavy atom. The molecule has 0 saturated carbocycles. The summed E-state index contributed by atoms with van der Waals surface area (Å²) in [4.78, 5) is 4.43. The van der Waals surface area contributed by atoms with Gasteiger partial charge in [0, 0.05) is 18.4 Å². The highest BCUT2D eigenvalue weighted by atomic mass is 14.7. The summed E-state index contributed by atoms with van der Waals surface area (Å²) in [7, 11) is 0. The van der Waals surface area contributed by atoms with Crippen molar-refractivity contribution in [3.63, 3.8) is 0 Å². The van der Waals surface area contributed by atoms with Gasteiger partial charge in [0.05, 0.1) is 0 Å². The standard InChI is InChI=1S/C14H24N2/c1-4-5-6-7-8-14-11(2)13(9-15)10-16-12(14)3/h10H,4-9,15H2,1-3H3. The zero-order chi connectivity index (χ0) is 12.0. The summed E-state index contributed by atoms with van der Waals surface area (Å²) in [5.41, 5.74) is 10.8. The van der Waals surface area contributed by atoms with Gasteiger partial charge >= 0.3 is 0 Å². The van der Waals surface area contributed by atoms with E-state index in [1.54, 1.807) is 0 Å². The lowest BCUT2D eigenvalue weighted by atomic mass is 9.97. The van der Waals surface area contributed by atoms with E-state index in [1.165, 1.54) is 48.1 Å². The Morgan fingerprint density at radius 1 is 1.19 bits per heavy atom.